The van der Waals surface area contributed by atoms with Crippen molar-refractivity contribution in [1.29, 1.82) is 0 Å². The Hall–Kier alpha value is -1.00. The average Bonchev–Trinajstić information content (AvgIpc) is 2.78. The third-order valence-electron chi connectivity index (χ3n) is 3.93. The lowest BCUT2D eigenvalue weighted by Crippen LogP contribution is -2.47. The highest BCUT2D eigenvalue weighted by atomic mass is 35.5. The molecule has 100 valence electrons. The topological polar surface area (TPSA) is 54.2 Å². The van der Waals surface area contributed by atoms with Gasteiger partial charge in [0.25, 0.3) is 0 Å². The van der Waals surface area contributed by atoms with Crippen LogP contribution in [0, 0.1) is 0 Å². The zero-order valence-corrected chi connectivity index (χ0v) is 11.8. The van der Waals surface area contributed by atoms with Crippen molar-refractivity contribution in [2.45, 2.75) is 31.2 Å². The molecular weight excluding hydrogens is 248 g/mol. The highest BCUT2D eigenvalue weighted by molar-refractivity contribution is 6.33. The molecule has 0 radical (unpaired) electrons. The fraction of sp³-hybridized carbons (Fsp3) is 0.615. The molecule has 0 aromatic carbocycles. The van der Waals surface area contributed by atoms with Crippen LogP contribution in [0.5, 0.6) is 0 Å². The number of hydrogen-bond acceptors (Lipinski definition) is 4. The van der Waals surface area contributed by atoms with Crippen molar-refractivity contribution >= 4 is 23.1 Å². The number of likely N-dealkylation sites (N-methyl/N-ethyl adjacent to an activating group) is 1. The van der Waals surface area contributed by atoms with Crippen molar-refractivity contribution < 1.29 is 0 Å². The van der Waals surface area contributed by atoms with Crippen LogP contribution in [0.15, 0.2) is 12.3 Å². The van der Waals surface area contributed by atoms with Crippen molar-refractivity contribution in [3.8, 4) is 0 Å². The van der Waals surface area contributed by atoms with Gasteiger partial charge < -0.3 is 16.0 Å². The molecule has 1 saturated carbocycles. The lowest BCUT2D eigenvalue weighted by Gasteiger charge is -2.36. The zero-order valence-electron chi connectivity index (χ0n) is 11.0. The second-order valence-corrected chi connectivity index (χ2v) is 5.69. The largest absolute Gasteiger partial charge is 0.397 e. The van der Waals surface area contributed by atoms with Crippen LogP contribution in [0.4, 0.5) is 11.5 Å². The van der Waals surface area contributed by atoms with Crippen LogP contribution >= 0.6 is 11.6 Å². The number of anilines is 2. The quantitative estimate of drug-likeness (QED) is 0.881. The first-order chi connectivity index (χ1) is 8.53. The van der Waals surface area contributed by atoms with Gasteiger partial charge in [-0.3, -0.25) is 0 Å². The summed E-state index contributed by atoms with van der Waals surface area (Å²) in [7, 11) is 4.29. The van der Waals surface area contributed by atoms with Crippen LogP contribution in [0.1, 0.15) is 25.7 Å². The van der Waals surface area contributed by atoms with Crippen LogP contribution in [0.3, 0.4) is 0 Å². The van der Waals surface area contributed by atoms with E-state index in [-0.39, 0.29) is 5.54 Å². The van der Waals surface area contributed by atoms with E-state index < -0.39 is 0 Å². The van der Waals surface area contributed by atoms with Crippen molar-refractivity contribution in [3.05, 3.63) is 17.3 Å². The first-order valence-electron chi connectivity index (χ1n) is 6.36. The Kier molecular flexibility index (Phi) is 3.97. The molecule has 2 rings (SSSR count). The van der Waals surface area contributed by atoms with Gasteiger partial charge in [-0.15, -0.1) is 0 Å². The maximum absolute atomic E-state index is 6.12. The number of hydrogen-bond donors (Lipinski definition) is 2. The van der Waals surface area contributed by atoms with Crippen molar-refractivity contribution in [1.82, 2.24) is 9.88 Å². The summed E-state index contributed by atoms with van der Waals surface area (Å²) in [5.74, 6) is 0.721. The molecule has 1 aliphatic rings. The van der Waals surface area contributed by atoms with E-state index in [2.05, 4.69) is 29.3 Å². The Labute approximate surface area is 114 Å². The molecule has 3 N–H and O–H groups in total. The molecule has 0 aliphatic heterocycles. The third kappa shape index (κ3) is 2.70. The van der Waals surface area contributed by atoms with Gasteiger partial charge in [-0.2, -0.15) is 0 Å². The van der Waals surface area contributed by atoms with E-state index >= 15 is 0 Å². The molecule has 0 saturated heterocycles. The minimum atomic E-state index is 0.229. The van der Waals surface area contributed by atoms with Crippen molar-refractivity contribution in [3.63, 3.8) is 0 Å². The summed E-state index contributed by atoms with van der Waals surface area (Å²) in [4.78, 5) is 6.56. The monoisotopic (exact) mass is 268 g/mol. The van der Waals surface area contributed by atoms with Crippen LogP contribution < -0.4 is 11.1 Å². The van der Waals surface area contributed by atoms with Gasteiger partial charge in [-0.25, -0.2) is 4.98 Å². The lowest BCUT2D eigenvalue weighted by atomic mass is 9.96. The fourth-order valence-corrected chi connectivity index (χ4v) is 2.89. The molecule has 18 heavy (non-hydrogen) atoms. The van der Waals surface area contributed by atoms with E-state index in [0.29, 0.717) is 10.7 Å². The average molecular weight is 269 g/mol. The van der Waals surface area contributed by atoms with Crippen LogP contribution in [0.25, 0.3) is 0 Å². The SMILES string of the molecule is CN(C)C1(CNc2ncc(N)cc2Cl)CCCC1. The summed E-state index contributed by atoms with van der Waals surface area (Å²) >= 11 is 6.12. The van der Waals surface area contributed by atoms with E-state index in [1.807, 2.05) is 0 Å². The molecule has 0 atom stereocenters. The highest BCUT2D eigenvalue weighted by Crippen LogP contribution is 2.34. The van der Waals surface area contributed by atoms with Gasteiger partial charge in [-0.1, -0.05) is 24.4 Å². The summed E-state index contributed by atoms with van der Waals surface area (Å²) in [6, 6.07) is 1.73. The Morgan fingerprint density at radius 3 is 2.67 bits per heavy atom. The minimum absolute atomic E-state index is 0.229. The number of pyridine rings is 1. The lowest BCUT2D eigenvalue weighted by molar-refractivity contribution is 0.172. The summed E-state index contributed by atoms with van der Waals surface area (Å²) in [5, 5.41) is 3.95. The first kappa shape index (κ1) is 13.4. The Morgan fingerprint density at radius 2 is 2.11 bits per heavy atom. The molecule has 1 heterocycles. The molecule has 0 spiro atoms. The minimum Gasteiger partial charge on any atom is -0.397 e. The molecule has 5 heteroatoms. The zero-order chi connectivity index (χ0) is 13.2. The smallest absolute Gasteiger partial charge is 0.144 e. The van der Waals surface area contributed by atoms with Gasteiger partial charge >= 0.3 is 0 Å². The first-order valence-corrected chi connectivity index (χ1v) is 6.74. The van der Waals surface area contributed by atoms with Gasteiger partial charge in [-0.05, 0) is 33.0 Å². The van der Waals surface area contributed by atoms with Crippen LogP contribution in [-0.4, -0.2) is 36.1 Å². The third-order valence-corrected chi connectivity index (χ3v) is 4.22. The second kappa shape index (κ2) is 5.33. The second-order valence-electron chi connectivity index (χ2n) is 5.28. The van der Waals surface area contributed by atoms with E-state index in [4.69, 9.17) is 17.3 Å². The maximum Gasteiger partial charge on any atom is 0.144 e. The highest BCUT2D eigenvalue weighted by Gasteiger charge is 2.35. The van der Waals surface area contributed by atoms with E-state index in [1.54, 1.807) is 12.3 Å². The van der Waals surface area contributed by atoms with Crippen molar-refractivity contribution in [2.75, 3.05) is 31.7 Å². The maximum atomic E-state index is 6.12. The van der Waals surface area contributed by atoms with E-state index in [1.165, 1.54) is 25.7 Å². The normalized spacial score (nSPS) is 18.2. The van der Waals surface area contributed by atoms with Gasteiger partial charge in [0.2, 0.25) is 0 Å². The summed E-state index contributed by atoms with van der Waals surface area (Å²) in [6.07, 6.45) is 6.66. The Morgan fingerprint density at radius 1 is 1.44 bits per heavy atom. The molecule has 1 aromatic rings. The molecule has 0 unspecified atom stereocenters. The van der Waals surface area contributed by atoms with Crippen LogP contribution in [-0.2, 0) is 0 Å². The molecule has 1 aliphatic carbocycles. The summed E-state index contributed by atoms with van der Waals surface area (Å²) < 4.78 is 0. The molecular formula is C13H21ClN4. The summed E-state index contributed by atoms with van der Waals surface area (Å²) in [6.45, 7) is 0.872. The van der Waals surface area contributed by atoms with Gasteiger partial charge in [0.15, 0.2) is 0 Å². The number of rotatable bonds is 4. The molecule has 1 aromatic heterocycles. The predicted molar refractivity (Wildman–Crippen MR) is 77.0 cm³/mol. The molecule has 4 nitrogen and oxygen atoms in total. The molecule has 1 fully saturated rings. The number of nitrogens with two attached hydrogens (primary N) is 1. The van der Waals surface area contributed by atoms with Gasteiger partial charge in [0, 0.05) is 12.1 Å². The van der Waals surface area contributed by atoms with Crippen molar-refractivity contribution in [2.24, 2.45) is 0 Å². The van der Waals surface area contributed by atoms with Crippen LogP contribution in [0.2, 0.25) is 5.02 Å². The predicted octanol–water partition coefficient (Wildman–Crippen LogP) is 2.60. The number of nitrogens with zero attached hydrogens (tertiary/aromatic N) is 2. The summed E-state index contributed by atoms with van der Waals surface area (Å²) in [5.41, 5.74) is 6.46. The molecule has 0 amide bonds. The molecule has 0 bridgehead atoms. The Balaban J connectivity index is 2.06. The van der Waals surface area contributed by atoms with E-state index in [9.17, 15) is 0 Å². The van der Waals surface area contributed by atoms with Gasteiger partial charge in [0.05, 0.1) is 16.9 Å². The standard InChI is InChI=1S/C13H21ClN4/c1-18(2)13(5-3-4-6-13)9-17-12-11(14)7-10(15)8-16-12/h7-8H,3-6,9,15H2,1-2H3,(H,16,17). The Bertz CT molecular complexity index is 413. The number of nitrogen functional groups attached to an aromatic ring is 1. The number of nitrogens with one attached hydrogen (secondary N) is 1. The van der Waals surface area contributed by atoms with E-state index in [0.717, 1.165) is 12.4 Å². The number of halogens is 1. The number of aromatic nitrogens is 1. The fourth-order valence-electron chi connectivity index (χ4n) is 2.65. The van der Waals surface area contributed by atoms with Gasteiger partial charge in [0.1, 0.15) is 5.82 Å².